The summed E-state index contributed by atoms with van der Waals surface area (Å²) in [6, 6.07) is 5.97. The lowest BCUT2D eigenvalue weighted by atomic mass is 10.0. The molecule has 1 aromatic rings. The molecule has 1 aliphatic rings. The highest BCUT2D eigenvalue weighted by Crippen LogP contribution is 2.24. The molecule has 0 amide bonds. The van der Waals surface area contributed by atoms with Gasteiger partial charge in [-0.15, -0.1) is 6.58 Å². The van der Waals surface area contributed by atoms with Crippen molar-refractivity contribution in [3.05, 3.63) is 41.5 Å². The summed E-state index contributed by atoms with van der Waals surface area (Å²) < 4.78 is 0. The first-order valence-electron chi connectivity index (χ1n) is 5.71. The fourth-order valence-corrected chi connectivity index (χ4v) is 1.94. The van der Waals surface area contributed by atoms with Gasteiger partial charge in [-0.3, -0.25) is 4.79 Å². The van der Waals surface area contributed by atoms with Crippen LogP contribution >= 0.6 is 0 Å². The second-order valence-electron chi connectivity index (χ2n) is 4.43. The van der Waals surface area contributed by atoms with E-state index < -0.39 is 0 Å². The van der Waals surface area contributed by atoms with Crippen molar-refractivity contribution in [2.75, 3.05) is 11.9 Å². The lowest BCUT2D eigenvalue weighted by molar-refractivity contribution is 0.0983. The molecule has 0 aliphatic carbocycles. The van der Waals surface area contributed by atoms with Crippen molar-refractivity contribution in [1.82, 2.24) is 0 Å². The van der Waals surface area contributed by atoms with Crippen LogP contribution in [0.4, 0.5) is 5.69 Å². The maximum atomic E-state index is 11.9. The molecule has 1 N–H and O–H groups in total. The Bertz CT molecular complexity index is 434. The van der Waals surface area contributed by atoms with Crippen LogP contribution in [0.25, 0.3) is 0 Å². The number of allylic oxidation sites excluding steroid dienone is 1. The molecule has 0 fully saturated rings. The lowest BCUT2D eigenvalue weighted by Gasteiger charge is -2.04. The zero-order valence-corrected chi connectivity index (χ0v) is 9.68. The minimum absolute atomic E-state index is 0.208. The Morgan fingerprint density at radius 3 is 3.00 bits per heavy atom. The van der Waals surface area contributed by atoms with Crippen LogP contribution in [0.1, 0.15) is 35.7 Å². The molecule has 0 spiro atoms. The van der Waals surface area contributed by atoms with E-state index in [9.17, 15) is 4.79 Å². The van der Waals surface area contributed by atoms with Crippen molar-refractivity contribution in [2.45, 2.75) is 26.2 Å². The minimum atomic E-state index is 0.208. The van der Waals surface area contributed by atoms with Gasteiger partial charge in [-0.1, -0.05) is 17.7 Å². The van der Waals surface area contributed by atoms with Crippen molar-refractivity contribution < 1.29 is 4.79 Å². The zero-order valence-electron chi connectivity index (χ0n) is 9.68. The number of benzene rings is 1. The summed E-state index contributed by atoms with van der Waals surface area (Å²) in [6.07, 6.45) is 2.41. The van der Waals surface area contributed by atoms with Crippen LogP contribution in [-0.4, -0.2) is 12.3 Å². The van der Waals surface area contributed by atoms with Gasteiger partial charge in [0.1, 0.15) is 0 Å². The predicted octanol–water partition coefficient (Wildman–Crippen LogP) is 3.19. The van der Waals surface area contributed by atoms with Crippen molar-refractivity contribution in [3.8, 4) is 0 Å². The number of carbonyl (C=O) groups excluding carboxylic acids is 1. The van der Waals surface area contributed by atoms with Gasteiger partial charge in [0.2, 0.25) is 0 Å². The molecule has 2 heteroatoms. The van der Waals surface area contributed by atoms with E-state index in [1.165, 1.54) is 5.56 Å². The molecule has 2 nitrogen and oxygen atoms in total. The molecule has 0 bridgehead atoms. The van der Waals surface area contributed by atoms with Gasteiger partial charge in [0.15, 0.2) is 5.78 Å². The van der Waals surface area contributed by atoms with Gasteiger partial charge in [-0.05, 0) is 31.4 Å². The van der Waals surface area contributed by atoms with Crippen LogP contribution in [0.2, 0.25) is 0 Å². The summed E-state index contributed by atoms with van der Waals surface area (Å²) in [5, 5.41) is 3.29. The largest absolute Gasteiger partial charge is 0.384 e. The Hall–Kier alpha value is -1.57. The van der Waals surface area contributed by atoms with Crippen LogP contribution < -0.4 is 5.32 Å². The Labute approximate surface area is 96.4 Å². The van der Waals surface area contributed by atoms with Crippen molar-refractivity contribution in [1.29, 1.82) is 0 Å². The fraction of sp³-hybridized carbons (Fsp3) is 0.357. The van der Waals surface area contributed by atoms with Gasteiger partial charge in [-0.2, -0.15) is 0 Å². The molecular weight excluding hydrogens is 198 g/mol. The van der Waals surface area contributed by atoms with Crippen molar-refractivity contribution in [3.63, 3.8) is 0 Å². The summed E-state index contributed by atoms with van der Waals surface area (Å²) in [6.45, 7) is 6.75. The molecule has 0 radical (unpaired) electrons. The number of rotatable bonds is 4. The molecule has 0 saturated heterocycles. The smallest absolute Gasteiger partial charge is 0.163 e. The van der Waals surface area contributed by atoms with Crippen LogP contribution in [0, 0.1) is 0 Å². The van der Waals surface area contributed by atoms with E-state index in [2.05, 4.69) is 18.0 Å². The molecular formula is C14H17NO. The topological polar surface area (TPSA) is 29.1 Å². The highest BCUT2D eigenvalue weighted by molar-refractivity contribution is 5.97. The maximum absolute atomic E-state index is 11.9. The molecule has 1 aliphatic heterocycles. The third-order valence-corrected chi connectivity index (χ3v) is 2.92. The SMILES string of the molecule is C=C(C)CCC(=O)c1ccc2c(c1)NCC2. The maximum Gasteiger partial charge on any atom is 0.163 e. The molecule has 0 aromatic heterocycles. The average molecular weight is 215 g/mol. The zero-order chi connectivity index (χ0) is 11.5. The number of hydrogen-bond acceptors (Lipinski definition) is 2. The van der Waals surface area contributed by atoms with Crippen LogP contribution in [-0.2, 0) is 6.42 Å². The number of ketones is 1. The average Bonchev–Trinajstić information content (AvgIpc) is 2.72. The summed E-state index contributed by atoms with van der Waals surface area (Å²) in [7, 11) is 0. The summed E-state index contributed by atoms with van der Waals surface area (Å²) in [5.74, 6) is 0.208. The van der Waals surface area contributed by atoms with E-state index in [1.807, 2.05) is 19.1 Å². The molecule has 1 aromatic carbocycles. The Balaban J connectivity index is 2.09. The van der Waals surface area contributed by atoms with Crippen molar-refractivity contribution in [2.24, 2.45) is 0 Å². The van der Waals surface area contributed by atoms with Gasteiger partial charge < -0.3 is 5.32 Å². The molecule has 0 atom stereocenters. The number of Topliss-reactive ketones (excluding diaryl/α,β-unsaturated/α-hetero) is 1. The Morgan fingerprint density at radius 2 is 2.25 bits per heavy atom. The van der Waals surface area contributed by atoms with Crippen LogP contribution in [0.3, 0.4) is 0 Å². The third-order valence-electron chi connectivity index (χ3n) is 2.92. The summed E-state index contributed by atoms with van der Waals surface area (Å²) >= 11 is 0. The first-order chi connectivity index (χ1) is 7.66. The van der Waals surface area contributed by atoms with E-state index in [4.69, 9.17) is 0 Å². The number of anilines is 1. The van der Waals surface area contributed by atoms with Gasteiger partial charge in [-0.25, -0.2) is 0 Å². The van der Waals surface area contributed by atoms with Gasteiger partial charge in [0.05, 0.1) is 0 Å². The first-order valence-corrected chi connectivity index (χ1v) is 5.71. The first kappa shape index (κ1) is 10.9. The van der Waals surface area contributed by atoms with E-state index >= 15 is 0 Å². The normalized spacial score (nSPS) is 13.1. The molecule has 16 heavy (non-hydrogen) atoms. The third kappa shape index (κ3) is 2.32. The highest BCUT2D eigenvalue weighted by Gasteiger charge is 2.13. The fourth-order valence-electron chi connectivity index (χ4n) is 1.94. The summed E-state index contributed by atoms with van der Waals surface area (Å²) in [5.41, 5.74) is 4.32. The molecule has 2 rings (SSSR count). The number of fused-ring (bicyclic) bond motifs is 1. The second-order valence-corrected chi connectivity index (χ2v) is 4.43. The van der Waals surface area contributed by atoms with E-state index in [0.717, 1.165) is 36.2 Å². The second kappa shape index (κ2) is 4.52. The highest BCUT2D eigenvalue weighted by atomic mass is 16.1. The van der Waals surface area contributed by atoms with E-state index in [0.29, 0.717) is 6.42 Å². The number of hydrogen-bond donors (Lipinski definition) is 1. The van der Waals surface area contributed by atoms with Gasteiger partial charge >= 0.3 is 0 Å². The molecule has 0 saturated carbocycles. The summed E-state index contributed by atoms with van der Waals surface area (Å²) in [4.78, 5) is 11.9. The standard InChI is InChI=1S/C14H17NO/c1-10(2)3-6-14(16)12-5-4-11-7-8-15-13(11)9-12/h4-5,9,15H,1,3,6-8H2,2H3. The lowest BCUT2D eigenvalue weighted by Crippen LogP contribution is -2.00. The Morgan fingerprint density at radius 1 is 1.44 bits per heavy atom. The van der Waals surface area contributed by atoms with E-state index in [-0.39, 0.29) is 5.78 Å². The monoisotopic (exact) mass is 215 g/mol. The number of nitrogens with one attached hydrogen (secondary N) is 1. The van der Waals surface area contributed by atoms with Crippen LogP contribution in [0.5, 0.6) is 0 Å². The van der Waals surface area contributed by atoms with Gasteiger partial charge in [0, 0.05) is 24.2 Å². The quantitative estimate of drug-likeness (QED) is 0.617. The van der Waals surface area contributed by atoms with Crippen LogP contribution in [0.15, 0.2) is 30.4 Å². The predicted molar refractivity (Wildman–Crippen MR) is 67.0 cm³/mol. The van der Waals surface area contributed by atoms with Gasteiger partial charge in [0.25, 0.3) is 0 Å². The number of carbonyl (C=O) groups is 1. The minimum Gasteiger partial charge on any atom is -0.384 e. The van der Waals surface area contributed by atoms with Crippen molar-refractivity contribution >= 4 is 11.5 Å². The molecule has 1 heterocycles. The molecule has 0 unspecified atom stereocenters. The van der Waals surface area contributed by atoms with E-state index in [1.54, 1.807) is 0 Å². The Kier molecular flexibility index (Phi) is 3.09. The molecule has 84 valence electrons.